The molecule has 2 rings (SSSR count). The molecule has 1 aromatic rings. The van der Waals surface area contributed by atoms with Crippen LogP contribution in [-0.2, 0) is 0 Å². The van der Waals surface area contributed by atoms with Crippen LogP contribution in [0, 0.1) is 11.2 Å². The minimum atomic E-state index is -0.712. The van der Waals surface area contributed by atoms with Gasteiger partial charge in [-0.05, 0) is 24.3 Å². The summed E-state index contributed by atoms with van der Waals surface area (Å²) in [7, 11) is 0. The molecule has 0 radical (unpaired) electrons. The summed E-state index contributed by atoms with van der Waals surface area (Å²) in [4.78, 5) is 17.6. The lowest BCUT2D eigenvalue weighted by Gasteiger charge is -2.39. The predicted octanol–water partition coefficient (Wildman–Crippen LogP) is 2.46. The van der Waals surface area contributed by atoms with Crippen LogP contribution in [-0.4, -0.2) is 28.9 Å². The van der Waals surface area contributed by atoms with Crippen LogP contribution < -0.4 is 5.73 Å². The van der Waals surface area contributed by atoms with E-state index in [1.165, 1.54) is 12.3 Å². The van der Waals surface area contributed by atoms with Gasteiger partial charge in [-0.3, -0.25) is 4.79 Å². The standard InChI is InChI=1S/C14H20FN3O/c1-3-14(2)5-8-18(9-6-14)13(19)10-4-7-17-12(16)11(10)15/h4,7H,3,5-6,8-9H2,1-2H3,(H2,16,17). The number of halogens is 1. The van der Waals surface area contributed by atoms with Crippen molar-refractivity contribution in [2.75, 3.05) is 18.8 Å². The molecule has 1 amide bonds. The second-order valence-corrected chi connectivity index (χ2v) is 5.51. The Morgan fingerprint density at radius 1 is 1.53 bits per heavy atom. The molecule has 1 saturated heterocycles. The monoisotopic (exact) mass is 265 g/mol. The predicted molar refractivity (Wildman–Crippen MR) is 72.1 cm³/mol. The number of aromatic nitrogens is 1. The normalized spacial score (nSPS) is 18.4. The molecule has 104 valence electrons. The van der Waals surface area contributed by atoms with Crippen LogP contribution in [0.4, 0.5) is 10.2 Å². The quantitative estimate of drug-likeness (QED) is 0.893. The van der Waals surface area contributed by atoms with Gasteiger partial charge in [-0.1, -0.05) is 20.3 Å². The maximum absolute atomic E-state index is 13.8. The molecule has 0 saturated carbocycles. The summed E-state index contributed by atoms with van der Waals surface area (Å²) in [6.07, 6.45) is 4.38. The van der Waals surface area contributed by atoms with Crippen molar-refractivity contribution in [1.29, 1.82) is 0 Å². The molecule has 2 N–H and O–H groups in total. The number of hydrogen-bond donors (Lipinski definition) is 1. The van der Waals surface area contributed by atoms with E-state index < -0.39 is 5.82 Å². The molecule has 1 aliphatic rings. The zero-order valence-electron chi connectivity index (χ0n) is 11.4. The number of likely N-dealkylation sites (tertiary alicyclic amines) is 1. The average Bonchev–Trinajstić information content (AvgIpc) is 2.42. The molecule has 0 bridgehead atoms. The highest BCUT2D eigenvalue weighted by atomic mass is 19.1. The van der Waals surface area contributed by atoms with Crippen LogP contribution in [0.2, 0.25) is 0 Å². The molecular formula is C14H20FN3O. The Bertz CT molecular complexity index is 482. The lowest BCUT2D eigenvalue weighted by atomic mass is 9.78. The molecule has 2 heterocycles. The molecule has 0 spiro atoms. The molecule has 0 unspecified atom stereocenters. The van der Waals surface area contributed by atoms with Gasteiger partial charge in [-0.15, -0.1) is 0 Å². The maximum atomic E-state index is 13.8. The van der Waals surface area contributed by atoms with E-state index in [-0.39, 0.29) is 17.3 Å². The summed E-state index contributed by atoms with van der Waals surface area (Å²) in [6.45, 7) is 5.75. The summed E-state index contributed by atoms with van der Waals surface area (Å²) < 4.78 is 13.8. The van der Waals surface area contributed by atoms with Crippen molar-refractivity contribution in [2.24, 2.45) is 5.41 Å². The highest BCUT2D eigenvalue weighted by Crippen LogP contribution is 2.34. The second-order valence-electron chi connectivity index (χ2n) is 5.51. The van der Waals surface area contributed by atoms with Crippen LogP contribution >= 0.6 is 0 Å². The van der Waals surface area contributed by atoms with Crippen molar-refractivity contribution in [1.82, 2.24) is 9.88 Å². The SMILES string of the molecule is CCC1(C)CCN(C(=O)c2ccnc(N)c2F)CC1. The number of nitrogen functional groups attached to an aromatic ring is 1. The van der Waals surface area contributed by atoms with E-state index in [1.807, 2.05) is 0 Å². The summed E-state index contributed by atoms with van der Waals surface area (Å²) in [5.74, 6) is -1.22. The van der Waals surface area contributed by atoms with Crippen LogP contribution in [0.1, 0.15) is 43.5 Å². The van der Waals surface area contributed by atoms with Crippen LogP contribution in [0.15, 0.2) is 12.3 Å². The molecule has 1 fully saturated rings. The average molecular weight is 265 g/mol. The number of amides is 1. The first-order valence-corrected chi connectivity index (χ1v) is 6.66. The second kappa shape index (κ2) is 5.15. The zero-order chi connectivity index (χ0) is 14.0. The molecule has 1 aromatic heterocycles. The van der Waals surface area contributed by atoms with E-state index >= 15 is 0 Å². The third-order valence-corrected chi connectivity index (χ3v) is 4.26. The van der Waals surface area contributed by atoms with Gasteiger partial charge in [0.2, 0.25) is 0 Å². The van der Waals surface area contributed by atoms with E-state index in [0.29, 0.717) is 18.5 Å². The molecule has 0 aromatic carbocycles. The third kappa shape index (κ3) is 2.69. The van der Waals surface area contributed by atoms with Gasteiger partial charge in [-0.25, -0.2) is 9.37 Å². The first-order chi connectivity index (χ1) is 8.97. The van der Waals surface area contributed by atoms with Gasteiger partial charge in [-0.2, -0.15) is 0 Å². The van der Waals surface area contributed by atoms with Crippen LogP contribution in [0.3, 0.4) is 0 Å². The van der Waals surface area contributed by atoms with Crippen LogP contribution in [0.25, 0.3) is 0 Å². The fourth-order valence-corrected chi connectivity index (χ4v) is 2.40. The molecule has 4 nitrogen and oxygen atoms in total. The Hall–Kier alpha value is -1.65. The molecule has 1 aliphatic heterocycles. The van der Waals surface area contributed by atoms with Crippen molar-refractivity contribution >= 4 is 11.7 Å². The number of anilines is 1. The van der Waals surface area contributed by atoms with E-state index in [9.17, 15) is 9.18 Å². The number of nitrogens with zero attached hydrogens (tertiary/aromatic N) is 2. The zero-order valence-corrected chi connectivity index (χ0v) is 11.4. The summed E-state index contributed by atoms with van der Waals surface area (Å²) in [5.41, 5.74) is 5.71. The molecule has 0 atom stereocenters. The summed E-state index contributed by atoms with van der Waals surface area (Å²) in [6, 6.07) is 1.39. The fourth-order valence-electron chi connectivity index (χ4n) is 2.40. The molecule has 19 heavy (non-hydrogen) atoms. The van der Waals surface area contributed by atoms with Crippen molar-refractivity contribution < 1.29 is 9.18 Å². The molecule has 5 heteroatoms. The van der Waals surface area contributed by atoms with Crippen LogP contribution in [0.5, 0.6) is 0 Å². The number of pyridine rings is 1. The van der Waals surface area contributed by atoms with Crippen molar-refractivity contribution in [3.05, 3.63) is 23.6 Å². The van der Waals surface area contributed by atoms with Gasteiger partial charge in [0, 0.05) is 19.3 Å². The third-order valence-electron chi connectivity index (χ3n) is 4.26. The van der Waals surface area contributed by atoms with Gasteiger partial charge >= 0.3 is 0 Å². The highest BCUT2D eigenvalue weighted by Gasteiger charge is 2.31. The van der Waals surface area contributed by atoms with E-state index in [4.69, 9.17) is 5.73 Å². The van der Waals surface area contributed by atoms with Crippen molar-refractivity contribution in [3.8, 4) is 0 Å². The minimum absolute atomic E-state index is 0.0209. The number of carbonyl (C=O) groups excluding carboxylic acids is 1. The Morgan fingerprint density at radius 3 is 2.74 bits per heavy atom. The topological polar surface area (TPSA) is 59.2 Å². The number of piperidine rings is 1. The van der Waals surface area contributed by atoms with Gasteiger partial charge < -0.3 is 10.6 Å². The van der Waals surface area contributed by atoms with E-state index in [0.717, 1.165) is 19.3 Å². The fraction of sp³-hybridized carbons (Fsp3) is 0.571. The van der Waals surface area contributed by atoms with Crippen molar-refractivity contribution in [3.63, 3.8) is 0 Å². The molecular weight excluding hydrogens is 245 g/mol. The van der Waals surface area contributed by atoms with Crippen molar-refractivity contribution in [2.45, 2.75) is 33.1 Å². The number of carbonyl (C=O) groups is 1. The Morgan fingerprint density at radius 2 is 2.16 bits per heavy atom. The minimum Gasteiger partial charge on any atom is -0.381 e. The first kappa shape index (κ1) is 13.8. The van der Waals surface area contributed by atoms with E-state index in [2.05, 4.69) is 18.8 Å². The molecule has 0 aliphatic carbocycles. The Kier molecular flexibility index (Phi) is 3.73. The summed E-state index contributed by atoms with van der Waals surface area (Å²) >= 11 is 0. The Labute approximate surface area is 112 Å². The number of rotatable bonds is 2. The van der Waals surface area contributed by atoms with Gasteiger partial charge in [0.05, 0.1) is 5.56 Å². The summed E-state index contributed by atoms with van der Waals surface area (Å²) in [5, 5.41) is 0. The maximum Gasteiger partial charge on any atom is 0.257 e. The lowest BCUT2D eigenvalue weighted by molar-refractivity contribution is 0.0596. The highest BCUT2D eigenvalue weighted by molar-refractivity contribution is 5.95. The number of hydrogen-bond acceptors (Lipinski definition) is 3. The van der Waals surface area contributed by atoms with Gasteiger partial charge in [0.15, 0.2) is 11.6 Å². The van der Waals surface area contributed by atoms with Gasteiger partial charge in [0.25, 0.3) is 5.91 Å². The van der Waals surface area contributed by atoms with Gasteiger partial charge in [0.1, 0.15) is 0 Å². The van der Waals surface area contributed by atoms with E-state index in [1.54, 1.807) is 4.90 Å². The lowest BCUT2D eigenvalue weighted by Crippen LogP contribution is -2.42. The Balaban J connectivity index is 2.12. The largest absolute Gasteiger partial charge is 0.381 e. The smallest absolute Gasteiger partial charge is 0.257 e. The number of nitrogens with two attached hydrogens (primary N) is 1. The first-order valence-electron chi connectivity index (χ1n) is 6.66.